The number of halogens is 1. The van der Waals surface area contributed by atoms with Crippen LogP contribution in [0.3, 0.4) is 0 Å². The van der Waals surface area contributed by atoms with Crippen LogP contribution in [0, 0.1) is 5.92 Å². The number of hydrogen-bond acceptors (Lipinski definition) is 7. The molecule has 0 aliphatic heterocycles. The van der Waals surface area contributed by atoms with E-state index in [4.69, 9.17) is 18.9 Å². The van der Waals surface area contributed by atoms with Crippen LogP contribution in [0.4, 0.5) is 9.18 Å². The fourth-order valence-corrected chi connectivity index (χ4v) is 3.22. The molecule has 1 aromatic carbocycles. The van der Waals surface area contributed by atoms with Gasteiger partial charge in [-0.15, -0.1) is 0 Å². The third-order valence-corrected chi connectivity index (χ3v) is 4.59. The first-order valence-electron chi connectivity index (χ1n) is 12.6. The van der Waals surface area contributed by atoms with Crippen LogP contribution in [-0.4, -0.2) is 54.2 Å². The van der Waals surface area contributed by atoms with Gasteiger partial charge in [0, 0.05) is 6.42 Å². The maximum absolute atomic E-state index is 13.2. The number of rotatable bonds is 11. The topological polar surface area (TPSA) is 100 Å². The number of carbonyl (C=O) groups excluding carboxylic acids is 3. The Hall–Kier alpha value is -2.84. The van der Waals surface area contributed by atoms with Crippen LogP contribution in [0.25, 0.3) is 0 Å². The van der Waals surface area contributed by atoms with Crippen molar-refractivity contribution in [1.82, 2.24) is 5.32 Å². The van der Waals surface area contributed by atoms with E-state index in [0.29, 0.717) is 12.2 Å². The monoisotopic (exact) mass is 524 g/mol. The number of hydrogen-bond donors (Lipinski definition) is 1. The van der Waals surface area contributed by atoms with Crippen LogP contribution in [-0.2, 0) is 30.2 Å². The number of ether oxygens (including phenoxy) is 4. The maximum atomic E-state index is 13.2. The summed E-state index contributed by atoms with van der Waals surface area (Å²) in [6.07, 6.45) is -0.299. The molecule has 0 aromatic heterocycles. The Morgan fingerprint density at radius 3 is 1.81 bits per heavy atom. The minimum absolute atomic E-state index is 0.0577. The minimum Gasteiger partial charge on any atom is -0.494 e. The highest BCUT2D eigenvalue weighted by molar-refractivity contribution is 5.83. The van der Waals surface area contributed by atoms with Gasteiger partial charge in [-0.25, -0.2) is 9.59 Å². The van der Waals surface area contributed by atoms with Gasteiger partial charge < -0.3 is 24.3 Å². The molecule has 0 bridgehead atoms. The molecule has 0 spiro atoms. The number of amides is 1. The van der Waals surface area contributed by atoms with Crippen molar-refractivity contribution >= 4 is 18.0 Å². The molecule has 0 saturated heterocycles. The number of alkyl halides is 1. The Labute approximate surface area is 220 Å². The smallest absolute Gasteiger partial charge is 0.408 e. The molecule has 1 amide bonds. The van der Waals surface area contributed by atoms with Crippen molar-refractivity contribution in [2.45, 2.75) is 104 Å². The van der Waals surface area contributed by atoms with Crippen molar-refractivity contribution < 1.29 is 37.7 Å². The zero-order valence-corrected chi connectivity index (χ0v) is 23.7. The van der Waals surface area contributed by atoms with E-state index in [1.807, 2.05) is 0 Å². The molecule has 0 aliphatic carbocycles. The molecule has 2 atom stereocenters. The second kappa shape index (κ2) is 13.6. The summed E-state index contributed by atoms with van der Waals surface area (Å²) in [5.74, 6) is -1.37. The number of nitrogens with one attached hydrogen (secondary N) is 1. The molecule has 8 nitrogen and oxygen atoms in total. The Balaban J connectivity index is 3.19. The van der Waals surface area contributed by atoms with Crippen molar-refractivity contribution in [3.63, 3.8) is 0 Å². The lowest BCUT2D eigenvalue weighted by molar-refractivity contribution is -0.162. The van der Waals surface area contributed by atoms with Crippen molar-refractivity contribution in [1.29, 1.82) is 0 Å². The van der Waals surface area contributed by atoms with E-state index in [1.54, 1.807) is 86.6 Å². The van der Waals surface area contributed by atoms with Crippen LogP contribution in [0.5, 0.6) is 5.75 Å². The predicted molar refractivity (Wildman–Crippen MR) is 139 cm³/mol. The quantitative estimate of drug-likeness (QED) is 0.230. The van der Waals surface area contributed by atoms with E-state index in [-0.39, 0.29) is 19.4 Å². The summed E-state index contributed by atoms with van der Waals surface area (Å²) in [5, 5.41) is 2.57. The number of carbonyl (C=O) groups is 3. The molecular weight excluding hydrogens is 480 g/mol. The molecular formula is C28H44FNO7. The second-order valence-corrected chi connectivity index (χ2v) is 11.9. The molecule has 9 heteroatoms. The van der Waals surface area contributed by atoms with E-state index in [2.05, 4.69) is 5.32 Å². The molecule has 0 fully saturated rings. The zero-order valence-electron chi connectivity index (χ0n) is 23.7. The molecule has 1 N–H and O–H groups in total. The van der Waals surface area contributed by atoms with Crippen LogP contribution >= 0.6 is 0 Å². The van der Waals surface area contributed by atoms with Gasteiger partial charge in [-0.2, -0.15) is 0 Å². The zero-order chi connectivity index (χ0) is 28.4. The van der Waals surface area contributed by atoms with E-state index < -0.39 is 53.5 Å². The van der Waals surface area contributed by atoms with Crippen molar-refractivity contribution in [2.24, 2.45) is 5.92 Å². The van der Waals surface area contributed by atoms with Crippen LogP contribution in [0.15, 0.2) is 24.3 Å². The second-order valence-electron chi connectivity index (χ2n) is 11.9. The highest BCUT2D eigenvalue weighted by atomic mass is 18.2. The minimum atomic E-state index is -1.14. The van der Waals surface area contributed by atoms with Crippen LogP contribution in [0.1, 0.15) is 80.7 Å². The first kappa shape index (κ1) is 32.2. The number of esters is 2. The number of alkyl carbamates (subject to hydrolysis) is 1. The summed E-state index contributed by atoms with van der Waals surface area (Å²) in [4.78, 5) is 38.8. The SMILES string of the molecule is CC(C)(C)OC(=O)N[C@@H](CC(Cc1ccc(OCCC[18F])cc1)C(=O)OC(C)(C)C)C(=O)OC(C)(C)C. The van der Waals surface area contributed by atoms with Gasteiger partial charge in [0.15, 0.2) is 0 Å². The van der Waals surface area contributed by atoms with Gasteiger partial charge in [0.25, 0.3) is 0 Å². The lowest BCUT2D eigenvalue weighted by Crippen LogP contribution is -2.48. The van der Waals surface area contributed by atoms with Crippen molar-refractivity contribution in [3.05, 3.63) is 29.8 Å². The molecule has 1 aromatic rings. The third-order valence-electron chi connectivity index (χ3n) is 4.59. The summed E-state index contributed by atoms with van der Waals surface area (Å²) >= 11 is 0. The van der Waals surface area contributed by atoms with Gasteiger partial charge in [-0.3, -0.25) is 9.18 Å². The van der Waals surface area contributed by atoms with Gasteiger partial charge in [0.2, 0.25) is 0 Å². The van der Waals surface area contributed by atoms with Crippen molar-refractivity contribution in [3.8, 4) is 5.75 Å². The van der Waals surface area contributed by atoms with Crippen molar-refractivity contribution in [2.75, 3.05) is 13.3 Å². The van der Waals surface area contributed by atoms with E-state index in [0.717, 1.165) is 5.56 Å². The normalized spacial score (nSPS) is 13.8. The van der Waals surface area contributed by atoms with Gasteiger partial charge in [0.1, 0.15) is 28.6 Å². The average Bonchev–Trinajstić information content (AvgIpc) is 2.70. The Morgan fingerprint density at radius 2 is 1.32 bits per heavy atom. The summed E-state index contributed by atoms with van der Waals surface area (Å²) in [5.41, 5.74) is -1.52. The largest absolute Gasteiger partial charge is 0.494 e. The van der Waals surface area contributed by atoms with Gasteiger partial charge in [-0.05, 0) is 92.9 Å². The standard InChI is InChI=1S/C28H44FNO7/c1-26(2,3)35-23(31)20(17-19-11-13-21(14-12-19)34-16-10-15-29)18-22(24(32)36-27(4,5)6)30-25(33)37-28(7,8)9/h11-14,20,22H,10,15-18H2,1-9H3,(H,30,33)/t20?,22-/m0/s1/i29-1. The molecule has 1 unspecified atom stereocenters. The van der Waals surface area contributed by atoms with E-state index in [1.165, 1.54) is 0 Å². The molecule has 210 valence electrons. The fourth-order valence-electron chi connectivity index (χ4n) is 3.22. The van der Waals surface area contributed by atoms with E-state index >= 15 is 0 Å². The van der Waals surface area contributed by atoms with Gasteiger partial charge in [0.05, 0.1) is 19.2 Å². The highest BCUT2D eigenvalue weighted by Gasteiger charge is 2.35. The van der Waals surface area contributed by atoms with E-state index in [9.17, 15) is 18.8 Å². The maximum Gasteiger partial charge on any atom is 0.408 e. The Kier molecular flexibility index (Phi) is 11.9. The Bertz CT molecular complexity index is 880. The molecule has 0 heterocycles. The molecule has 37 heavy (non-hydrogen) atoms. The van der Waals surface area contributed by atoms with Gasteiger partial charge in [-0.1, -0.05) is 12.1 Å². The van der Waals surface area contributed by atoms with Gasteiger partial charge >= 0.3 is 18.0 Å². The third kappa shape index (κ3) is 14.5. The average molecular weight is 525 g/mol. The molecule has 0 aliphatic rings. The molecule has 1 rings (SSSR count). The lowest BCUT2D eigenvalue weighted by Gasteiger charge is -2.29. The summed E-state index contributed by atoms with van der Waals surface area (Å²) in [7, 11) is 0. The fraction of sp³-hybridized carbons (Fsp3) is 0.679. The van der Waals surface area contributed by atoms with Crippen LogP contribution < -0.4 is 10.1 Å². The summed E-state index contributed by atoms with van der Waals surface area (Å²) < 4.78 is 34.3. The predicted octanol–water partition coefficient (Wildman–Crippen LogP) is 5.55. The Morgan fingerprint density at radius 1 is 0.811 bits per heavy atom. The molecule has 0 saturated carbocycles. The first-order valence-corrected chi connectivity index (χ1v) is 12.6. The highest BCUT2D eigenvalue weighted by Crippen LogP contribution is 2.23. The summed E-state index contributed by atoms with van der Waals surface area (Å²) in [6.45, 7) is 15.4. The summed E-state index contributed by atoms with van der Waals surface area (Å²) in [6, 6.07) is 5.93. The van der Waals surface area contributed by atoms with Crippen LogP contribution in [0.2, 0.25) is 0 Å². The lowest BCUT2D eigenvalue weighted by atomic mass is 9.92. The number of benzene rings is 1. The molecule has 0 radical (unpaired) electrons. The first-order chi connectivity index (χ1) is 16.9.